The molecule has 0 amide bonds. The van der Waals surface area contributed by atoms with Gasteiger partial charge in [0.2, 0.25) is 0 Å². The van der Waals surface area contributed by atoms with E-state index in [-0.39, 0.29) is 30.3 Å². The Kier molecular flexibility index (Phi) is 6.42. The molecule has 6 heteroatoms. The van der Waals surface area contributed by atoms with Crippen molar-refractivity contribution in [3.63, 3.8) is 0 Å². The van der Waals surface area contributed by atoms with Crippen LogP contribution in [0.1, 0.15) is 15.9 Å². The van der Waals surface area contributed by atoms with Crippen LogP contribution in [0.4, 0.5) is 0 Å². The van der Waals surface area contributed by atoms with Crippen LogP contribution in [-0.4, -0.2) is 43.4 Å². The van der Waals surface area contributed by atoms with Gasteiger partial charge in [-0.25, -0.2) is 0 Å². The number of phenols is 1. The minimum atomic E-state index is -0.346. The van der Waals surface area contributed by atoms with Crippen LogP contribution in [0.5, 0.6) is 23.0 Å². The van der Waals surface area contributed by atoms with Crippen LogP contribution in [-0.2, 0) is 0 Å². The number of methoxy groups -OCH3 is 2. The molecule has 0 radical (unpaired) electrons. The number of hydrogen-bond donors (Lipinski definition) is 2. The number of ketones is 1. The zero-order chi connectivity index (χ0) is 18.2. The maximum atomic E-state index is 12.3. The van der Waals surface area contributed by atoms with Crippen LogP contribution < -0.4 is 14.2 Å². The fourth-order valence-corrected chi connectivity index (χ4v) is 2.19. The third-order valence-corrected chi connectivity index (χ3v) is 3.43. The summed E-state index contributed by atoms with van der Waals surface area (Å²) in [4.78, 5) is 12.3. The molecule has 0 aromatic heterocycles. The number of benzene rings is 2. The van der Waals surface area contributed by atoms with E-state index in [0.29, 0.717) is 17.2 Å². The van der Waals surface area contributed by atoms with Crippen LogP contribution in [0.15, 0.2) is 42.5 Å². The van der Waals surface area contributed by atoms with Crippen molar-refractivity contribution in [1.29, 1.82) is 0 Å². The molecule has 2 aromatic carbocycles. The molecule has 0 heterocycles. The van der Waals surface area contributed by atoms with E-state index in [2.05, 4.69) is 0 Å². The molecule has 25 heavy (non-hydrogen) atoms. The molecular formula is C19H20O6. The molecule has 6 nitrogen and oxygen atoms in total. The highest BCUT2D eigenvalue weighted by Crippen LogP contribution is 2.28. The predicted molar refractivity (Wildman–Crippen MR) is 93.6 cm³/mol. The van der Waals surface area contributed by atoms with Crippen LogP contribution in [0.3, 0.4) is 0 Å². The summed E-state index contributed by atoms with van der Waals surface area (Å²) < 4.78 is 15.6. The lowest BCUT2D eigenvalue weighted by atomic mass is 10.1. The van der Waals surface area contributed by atoms with Crippen molar-refractivity contribution in [2.75, 3.05) is 27.4 Å². The van der Waals surface area contributed by atoms with E-state index >= 15 is 0 Å². The van der Waals surface area contributed by atoms with Crippen LogP contribution in [0.2, 0.25) is 0 Å². The molecule has 0 atom stereocenters. The quantitative estimate of drug-likeness (QED) is 0.566. The second-order valence-electron chi connectivity index (χ2n) is 5.06. The highest BCUT2D eigenvalue weighted by molar-refractivity contribution is 6.08. The summed E-state index contributed by atoms with van der Waals surface area (Å²) in [5, 5.41) is 18.7. The average molecular weight is 344 g/mol. The van der Waals surface area contributed by atoms with E-state index in [1.165, 1.54) is 25.3 Å². The number of carbonyl (C=O) groups is 1. The van der Waals surface area contributed by atoms with Crippen LogP contribution in [0, 0.1) is 0 Å². The Morgan fingerprint density at radius 2 is 1.84 bits per heavy atom. The Hall–Kier alpha value is -2.99. The Morgan fingerprint density at radius 3 is 2.48 bits per heavy atom. The van der Waals surface area contributed by atoms with Gasteiger partial charge < -0.3 is 24.4 Å². The molecule has 0 saturated carbocycles. The van der Waals surface area contributed by atoms with Gasteiger partial charge in [0.05, 0.1) is 26.4 Å². The van der Waals surface area contributed by atoms with Gasteiger partial charge in [0.25, 0.3) is 0 Å². The maximum Gasteiger partial charge on any atom is 0.189 e. The molecule has 2 aromatic rings. The molecular weight excluding hydrogens is 324 g/mol. The number of carbonyl (C=O) groups excluding carboxylic acids is 1. The summed E-state index contributed by atoms with van der Waals surface area (Å²) in [5.74, 6) is 1.01. The Morgan fingerprint density at radius 1 is 1.08 bits per heavy atom. The van der Waals surface area contributed by atoms with Gasteiger partial charge in [0.1, 0.15) is 18.1 Å². The topological polar surface area (TPSA) is 85.2 Å². The highest BCUT2D eigenvalue weighted by atomic mass is 16.5. The van der Waals surface area contributed by atoms with Gasteiger partial charge in [-0.15, -0.1) is 0 Å². The number of ether oxygens (including phenoxy) is 3. The third-order valence-electron chi connectivity index (χ3n) is 3.43. The third kappa shape index (κ3) is 4.74. The normalized spacial score (nSPS) is 10.7. The minimum Gasteiger partial charge on any atom is -0.507 e. The number of phenolic OH excluding ortho intramolecular Hbond substituents is 1. The fraction of sp³-hybridized carbons (Fsp3) is 0.211. The van der Waals surface area contributed by atoms with Gasteiger partial charge in [-0.3, -0.25) is 4.79 Å². The number of allylic oxidation sites excluding steroid dienone is 1. The molecule has 2 rings (SSSR count). The standard InChI is InChI=1S/C19H20O6/c1-23-18-8-4-13(11-19(18)24-2)3-7-16(21)15-6-5-14(12-17(15)22)25-10-9-20/h3-8,11-12,20,22H,9-10H2,1-2H3. The van der Waals surface area contributed by atoms with Crippen molar-refractivity contribution in [2.24, 2.45) is 0 Å². The fourth-order valence-electron chi connectivity index (χ4n) is 2.19. The molecule has 0 aliphatic rings. The number of rotatable bonds is 8. The van der Waals surface area contributed by atoms with Gasteiger partial charge in [-0.1, -0.05) is 12.1 Å². The van der Waals surface area contributed by atoms with Crippen molar-refractivity contribution in [1.82, 2.24) is 0 Å². The van der Waals surface area contributed by atoms with E-state index in [1.807, 2.05) is 0 Å². The van der Waals surface area contributed by atoms with E-state index in [1.54, 1.807) is 37.5 Å². The van der Waals surface area contributed by atoms with Crippen molar-refractivity contribution in [2.45, 2.75) is 0 Å². The smallest absolute Gasteiger partial charge is 0.189 e. The summed E-state index contributed by atoms with van der Waals surface area (Å²) in [7, 11) is 3.09. The highest BCUT2D eigenvalue weighted by Gasteiger charge is 2.10. The molecule has 0 fully saturated rings. The average Bonchev–Trinajstić information content (AvgIpc) is 2.64. The maximum absolute atomic E-state index is 12.3. The lowest BCUT2D eigenvalue weighted by molar-refractivity contribution is 0.104. The Labute approximate surface area is 145 Å². The first-order valence-electron chi connectivity index (χ1n) is 7.60. The van der Waals surface area contributed by atoms with Gasteiger partial charge >= 0.3 is 0 Å². The lowest BCUT2D eigenvalue weighted by Crippen LogP contribution is -2.02. The second-order valence-corrected chi connectivity index (χ2v) is 5.06. The van der Waals surface area contributed by atoms with Crippen molar-refractivity contribution < 1.29 is 29.2 Å². The van der Waals surface area contributed by atoms with Crippen molar-refractivity contribution in [3.05, 3.63) is 53.6 Å². The Bertz CT molecular complexity index is 767. The summed E-state index contributed by atoms with van der Waals surface area (Å²) in [6.45, 7) is -0.0125. The van der Waals surface area contributed by atoms with E-state index in [9.17, 15) is 9.90 Å². The zero-order valence-electron chi connectivity index (χ0n) is 14.1. The molecule has 0 aliphatic heterocycles. The molecule has 132 valence electrons. The molecule has 0 aliphatic carbocycles. The minimum absolute atomic E-state index is 0.117. The first kappa shape index (κ1) is 18.4. The number of aliphatic hydroxyl groups is 1. The zero-order valence-corrected chi connectivity index (χ0v) is 14.1. The SMILES string of the molecule is COc1ccc(C=CC(=O)c2ccc(OCCO)cc2O)cc1OC. The monoisotopic (exact) mass is 344 g/mol. The first-order chi connectivity index (χ1) is 12.1. The molecule has 0 spiro atoms. The number of aromatic hydroxyl groups is 1. The van der Waals surface area contributed by atoms with Gasteiger partial charge in [-0.2, -0.15) is 0 Å². The van der Waals surface area contributed by atoms with E-state index in [4.69, 9.17) is 19.3 Å². The molecule has 2 N–H and O–H groups in total. The Balaban J connectivity index is 2.15. The molecule has 0 bridgehead atoms. The first-order valence-corrected chi connectivity index (χ1v) is 7.60. The second kappa shape index (κ2) is 8.75. The number of aliphatic hydroxyl groups excluding tert-OH is 1. The van der Waals surface area contributed by atoms with E-state index in [0.717, 1.165) is 5.56 Å². The lowest BCUT2D eigenvalue weighted by Gasteiger charge is -2.08. The van der Waals surface area contributed by atoms with Crippen LogP contribution in [0.25, 0.3) is 6.08 Å². The van der Waals surface area contributed by atoms with Gasteiger partial charge in [0, 0.05) is 6.07 Å². The molecule has 0 unspecified atom stereocenters. The van der Waals surface area contributed by atoms with Crippen molar-refractivity contribution in [3.8, 4) is 23.0 Å². The predicted octanol–water partition coefficient (Wildman–Crippen LogP) is 2.68. The summed E-state index contributed by atoms with van der Waals surface area (Å²) in [5.41, 5.74) is 0.918. The van der Waals surface area contributed by atoms with Crippen LogP contribution >= 0.6 is 0 Å². The van der Waals surface area contributed by atoms with Crippen molar-refractivity contribution >= 4 is 11.9 Å². The molecule has 0 saturated heterocycles. The number of hydrogen-bond acceptors (Lipinski definition) is 6. The largest absolute Gasteiger partial charge is 0.507 e. The summed E-state index contributed by atoms with van der Waals surface area (Å²) in [6, 6.07) is 9.65. The van der Waals surface area contributed by atoms with Gasteiger partial charge in [-0.05, 0) is 35.9 Å². The summed E-state index contributed by atoms with van der Waals surface area (Å²) >= 11 is 0. The van der Waals surface area contributed by atoms with Gasteiger partial charge in [0.15, 0.2) is 17.3 Å². The van der Waals surface area contributed by atoms with E-state index < -0.39 is 0 Å². The summed E-state index contributed by atoms with van der Waals surface area (Å²) in [6.07, 6.45) is 2.99.